The molecular formula is C10H9ClN4O3. The molecule has 0 spiro atoms. The summed E-state index contributed by atoms with van der Waals surface area (Å²) >= 11 is 5.69. The SMILES string of the molecule is CC(C#N)CNC(=O)c1cc([N+](=O)[O-])cnc1Cl. The number of pyridine rings is 1. The molecule has 1 unspecified atom stereocenters. The number of nitro groups is 1. The fourth-order valence-corrected chi connectivity index (χ4v) is 1.27. The topological polar surface area (TPSA) is 109 Å². The van der Waals surface area contributed by atoms with Crippen molar-refractivity contribution < 1.29 is 9.72 Å². The predicted molar refractivity (Wildman–Crippen MR) is 63.0 cm³/mol. The van der Waals surface area contributed by atoms with Crippen LogP contribution in [0.2, 0.25) is 5.15 Å². The van der Waals surface area contributed by atoms with E-state index < -0.39 is 10.8 Å². The van der Waals surface area contributed by atoms with Gasteiger partial charge in [-0.25, -0.2) is 4.98 Å². The molecule has 94 valence electrons. The van der Waals surface area contributed by atoms with Crippen LogP contribution in [0.3, 0.4) is 0 Å². The first-order valence-electron chi connectivity index (χ1n) is 4.93. The van der Waals surface area contributed by atoms with Gasteiger partial charge in [0.1, 0.15) is 11.3 Å². The van der Waals surface area contributed by atoms with Crippen LogP contribution in [0.25, 0.3) is 0 Å². The normalized spacial score (nSPS) is 11.4. The lowest BCUT2D eigenvalue weighted by atomic mass is 10.2. The Morgan fingerprint density at radius 1 is 1.78 bits per heavy atom. The number of amides is 1. The van der Waals surface area contributed by atoms with Gasteiger partial charge in [-0.1, -0.05) is 11.6 Å². The molecule has 8 heteroatoms. The van der Waals surface area contributed by atoms with E-state index in [1.54, 1.807) is 6.92 Å². The molecule has 0 fully saturated rings. The third kappa shape index (κ3) is 3.40. The average Bonchev–Trinajstić information content (AvgIpc) is 2.35. The van der Waals surface area contributed by atoms with Gasteiger partial charge >= 0.3 is 0 Å². The molecule has 1 atom stereocenters. The number of nitriles is 1. The van der Waals surface area contributed by atoms with Crippen molar-refractivity contribution in [1.29, 1.82) is 5.26 Å². The Labute approximate surface area is 108 Å². The fourth-order valence-electron chi connectivity index (χ4n) is 1.08. The molecule has 1 N–H and O–H groups in total. The molecule has 0 aliphatic heterocycles. The molecule has 0 bridgehead atoms. The van der Waals surface area contributed by atoms with Gasteiger partial charge < -0.3 is 5.32 Å². The van der Waals surface area contributed by atoms with E-state index in [2.05, 4.69) is 10.3 Å². The summed E-state index contributed by atoms with van der Waals surface area (Å²) < 4.78 is 0. The zero-order valence-corrected chi connectivity index (χ0v) is 10.1. The number of carbonyl (C=O) groups excluding carboxylic acids is 1. The molecule has 0 saturated carbocycles. The number of rotatable bonds is 4. The quantitative estimate of drug-likeness (QED) is 0.506. The summed E-state index contributed by atoms with van der Waals surface area (Å²) in [4.78, 5) is 25.1. The Kier molecular flexibility index (Phi) is 4.57. The number of aromatic nitrogens is 1. The molecule has 0 saturated heterocycles. The number of carbonyl (C=O) groups is 1. The van der Waals surface area contributed by atoms with Crippen LogP contribution in [0, 0.1) is 27.4 Å². The largest absolute Gasteiger partial charge is 0.351 e. The zero-order chi connectivity index (χ0) is 13.7. The first-order chi connectivity index (χ1) is 8.45. The lowest BCUT2D eigenvalue weighted by molar-refractivity contribution is -0.385. The second-order valence-corrected chi connectivity index (χ2v) is 3.89. The van der Waals surface area contributed by atoms with Crippen LogP contribution in [0.5, 0.6) is 0 Å². The van der Waals surface area contributed by atoms with Gasteiger partial charge in [-0.3, -0.25) is 14.9 Å². The molecule has 1 aromatic heterocycles. The Balaban J connectivity index is 2.88. The minimum absolute atomic E-state index is 0.0870. The van der Waals surface area contributed by atoms with Gasteiger partial charge in [-0.15, -0.1) is 0 Å². The number of nitrogens with one attached hydrogen (secondary N) is 1. The van der Waals surface area contributed by atoms with Crippen LogP contribution in [-0.4, -0.2) is 22.4 Å². The highest BCUT2D eigenvalue weighted by Crippen LogP contribution is 2.18. The smallest absolute Gasteiger partial charge is 0.288 e. The van der Waals surface area contributed by atoms with E-state index in [0.29, 0.717) is 0 Å². The van der Waals surface area contributed by atoms with E-state index in [1.807, 2.05) is 6.07 Å². The molecule has 0 aromatic carbocycles. The van der Waals surface area contributed by atoms with Crippen molar-refractivity contribution in [2.45, 2.75) is 6.92 Å². The van der Waals surface area contributed by atoms with Crippen LogP contribution < -0.4 is 5.32 Å². The van der Waals surface area contributed by atoms with Crippen molar-refractivity contribution in [3.63, 3.8) is 0 Å². The minimum Gasteiger partial charge on any atom is -0.351 e. The second-order valence-electron chi connectivity index (χ2n) is 3.53. The average molecular weight is 269 g/mol. The molecular weight excluding hydrogens is 260 g/mol. The monoisotopic (exact) mass is 268 g/mol. The van der Waals surface area contributed by atoms with Crippen LogP contribution in [0.1, 0.15) is 17.3 Å². The molecule has 0 aliphatic rings. The molecule has 7 nitrogen and oxygen atoms in total. The van der Waals surface area contributed by atoms with E-state index in [1.165, 1.54) is 0 Å². The molecule has 1 heterocycles. The van der Waals surface area contributed by atoms with Crippen molar-refractivity contribution in [2.75, 3.05) is 6.54 Å². The van der Waals surface area contributed by atoms with Gasteiger partial charge in [0.15, 0.2) is 0 Å². The molecule has 0 aliphatic carbocycles. The summed E-state index contributed by atoms with van der Waals surface area (Å²) in [6, 6.07) is 2.99. The van der Waals surface area contributed by atoms with Gasteiger partial charge in [0.25, 0.3) is 11.6 Å². The van der Waals surface area contributed by atoms with E-state index in [-0.39, 0.29) is 28.9 Å². The van der Waals surface area contributed by atoms with Crippen molar-refractivity contribution in [3.05, 3.63) is 33.1 Å². The number of hydrogen-bond donors (Lipinski definition) is 1. The summed E-state index contributed by atoms with van der Waals surface area (Å²) in [5.41, 5.74) is -0.408. The maximum Gasteiger partial charge on any atom is 0.288 e. The first-order valence-corrected chi connectivity index (χ1v) is 5.31. The molecule has 18 heavy (non-hydrogen) atoms. The third-order valence-corrected chi connectivity index (χ3v) is 2.37. The number of halogens is 1. The number of hydrogen-bond acceptors (Lipinski definition) is 5. The van der Waals surface area contributed by atoms with Gasteiger partial charge in [0, 0.05) is 12.6 Å². The van der Waals surface area contributed by atoms with E-state index in [4.69, 9.17) is 16.9 Å². The Hall–Kier alpha value is -2.20. The van der Waals surface area contributed by atoms with Crippen molar-refractivity contribution in [1.82, 2.24) is 10.3 Å². The Morgan fingerprint density at radius 3 is 3.00 bits per heavy atom. The van der Waals surface area contributed by atoms with Gasteiger partial charge in [0.05, 0.1) is 22.5 Å². The summed E-state index contributed by atoms with van der Waals surface area (Å²) in [5.74, 6) is -0.960. The Morgan fingerprint density at radius 2 is 2.44 bits per heavy atom. The maximum atomic E-state index is 11.7. The fraction of sp³-hybridized carbons (Fsp3) is 0.300. The van der Waals surface area contributed by atoms with E-state index in [9.17, 15) is 14.9 Å². The van der Waals surface area contributed by atoms with Gasteiger partial charge in [-0.05, 0) is 6.92 Å². The zero-order valence-electron chi connectivity index (χ0n) is 9.38. The lowest BCUT2D eigenvalue weighted by Gasteiger charge is -2.06. The van der Waals surface area contributed by atoms with Crippen molar-refractivity contribution >= 4 is 23.2 Å². The summed E-state index contributed by atoms with van der Waals surface area (Å²) in [5, 5.41) is 21.4. The minimum atomic E-state index is -0.669. The summed E-state index contributed by atoms with van der Waals surface area (Å²) in [7, 11) is 0. The highest BCUT2D eigenvalue weighted by Gasteiger charge is 2.17. The van der Waals surface area contributed by atoms with Gasteiger partial charge in [-0.2, -0.15) is 5.26 Å². The van der Waals surface area contributed by atoms with E-state index >= 15 is 0 Å². The van der Waals surface area contributed by atoms with Crippen LogP contribution in [0.4, 0.5) is 5.69 Å². The maximum absolute atomic E-state index is 11.7. The van der Waals surface area contributed by atoms with Gasteiger partial charge in [0.2, 0.25) is 0 Å². The second kappa shape index (κ2) is 5.93. The van der Waals surface area contributed by atoms with Crippen molar-refractivity contribution in [2.24, 2.45) is 5.92 Å². The molecule has 1 amide bonds. The standard InChI is InChI=1S/C10H9ClN4O3/c1-6(3-12)4-14-10(16)8-2-7(15(17)18)5-13-9(8)11/h2,5-6H,4H2,1H3,(H,14,16). The summed E-state index contributed by atoms with van der Waals surface area (Å²) in [6.45, 7) is 1.77. The summed E-state index contributed by atoms with van der Waals surface area (Å²) in [6.07, 6.45) is 0.969. The Bertz CT molecular complexity index is 526. The predicted octanol–water partition coefficient (Wildman–Crippen LogP) is 1.53. The molecule has 0 radical (unpaired) electrons. The molecule has 1 rings (SSSR count). The highest BCUT2D eigenvalue weighted by atomic mass is 35.5. The third-order valence-electron chi connectivity index (χ3n) is 2.07. The van der Waals surface area contributed by atoms with Crippen molar-refractivity contribution in [3.8, 4) is 6.07 Å². The van der Waals surface area contributed by atoms with Crippen LogP contribution in [0.15, 0.2) is 12.3 Å². The van der Waals surface area contributed by atoms with Crippen LogP contribution in [-0.2, 0) is 0 Å². The lowest BCUT2D eigenvalue weighted by Crippen LogP contribution is -2.28. The first kappa shape index (κ1) is 13.9. The van der Waals surface area contributed by atoms with E-state index in [0.717, 1.165) is 12.3 Å². The highest BCUT2D eigenvalue weighted by molar-refractivity contribution is 6.32. The molecule has 1 aromatic rings. The number of nitrogens with zero attached hydrogens (tertiary/aromatic N) is 3. The van der Waals surface area contributed by atoms with Crippen LogP contribution >= 0.6 is 11.6 Å².